The summed E-state index contributed by atoms with van der Waals surface area (Å²) >= 11 is 0. The molecule has 2 saturated carbocycles. The third kappa shape index (κ3) is 1.31. The van der Waals surface area contributed by atoms with Crippen molar-refractivity contribution in [2.75, 3.05) is 6.61 Å². The maximum absolute atomic E-state index is 10.5. The minimum absolute atomic E-state index is 0.124. The van der Waals surface area contributed by atoms with Crippen LogP contribution in [-0.4, -0.2) is 22.4 Å². The maximum Gasteiger partial charge on any atom is 0.0730 e. The summed E-state index contributed by atoms with van der Waals surface area (Å²) in [5.74, 6) is 0. The Bertz CT molecular complexity index is 218. The molecule has 2 heteroatoms. The summed E-state index contributed by atoms with van der Waals surface area (Å²) in [6, 6.07) is 0. The standard InChI is InChI=1S/C11H20O2/c1-9(2)3-6-11(13,7-9)10(8-12)4-5-10/h12-13H,3-8H2,1-2H3. The molecule has 0 amide bonds. The summed E-state index contributed by atoms with van der Waals surface area (Å²) in [6.45, 7) is 4.58. The van der Waals surface area contributed by atoms with Gasteiger partial charge in [-0.1, -0.05) is 13.8 Å². The summed E-state index contributed by atoms with van der Waals surface area (Å²) in [6.07, 6.45) is 4.85. The number of aliphatic hydroxyl groups excluding tert-OH is 1. The Morgan fingerprint density at radius 1 is 1.08 bits per heavy atom. The lowest BCUT2D eigenvalue weighted by atomic mass is 9.80. The molecule has 0 aromatic carbocycles. The van der Waals surface area contributed by atoms with Gasteiger partial charge < -0.3 is 10.2 Å². The van der Waals surface area contributed by atoms with Gasteiger partial charge in [0.15, 0.2) is 0 Å². The van der Waals surface area contributed by atoms with Crippen LogP contribution in [0.3, 0.4) is 0 Å². The van der Waals surface area contributed by atoms with Gasteiger partial charge >= 0.3 is 0 Å². The molecule has 2 rings (SSSR count). The predicted octanol–water partition coefficient (Wildman–Crippen LogP) is 1.70. The monoisotopic (exact) mass is 184 g/mol. The lowest BCUT2D eigenvalue weighted by Gasteiger charge is -2.33. The second kappa shape index (κ2) is 2.48. The van der Waals surface area contributed by atoms with Crippen LogP contribution in [-0.2, 0) is 0 Å². The minimum atomic E-state index is -0.564. The van der Waals surface area contributed by atoms with E-state index in [-0.39, 0.29) is 17.4 Å². The van der Waals surface area contributed by atoms with E-state index in [0.29, 0.717) is 0 Å². The summed E-state index contributed by atoms with van der Waals surface area (Å²) in [4.78, 5) is 0. The van der Waals surface area contributed by atoms with Gasteiger partial charge in [0.05, 0.1) is 12.2 Å². The maximum atomic E-state index is 10.5. The van der Waals surface area contributed by atoms with E-state index in [1.807, 2.05) is 0 Å². The zero-order chi connectivity index (χ0) is 9.74. The number of hydrogen-bond donors (Lipinski definition) is 2. The molecule has 2 nitrogen and oxygen atoms in total. The Morgan fingerprint density at radius 3 is 2.00 bits per heavy atom. The normalized spacial score (nSPS) is 40.6. The topological polar surface area (TPSA) is 40.5 Å². The molecular weight excluding hydrogens is 164 g/mol. The molecule has 0 radical (unpaired) electrons. The molecule has 2 aliphatic carbocycles. The molecule has 0 spiro atoms. The summed E-state index contributed by atoms with van der Waals surface area (Å²) in [5.41, 5.74) is -0.425. The van der Waals surface area contributed by atoms with Gasteiger partial charge in [0, 0.05) is 5.41 Å². The largest absolute Gasteiger partial charge is 0.396 e. The van der Waals surface area contributed by atoms with Crippen molar-refractivity contribution >= 4 is 0 Å². The van der Waals surface area contributed by atoms with E-state index in [9.17, 15) is 10.2 Å². The van der Waals surface area contributed by atoms with Crippen LogP contribution < -0.4 is 0 Å². The third-order valence-electron chi connectivity index (χ3n) is 4.13. The molecule has 1 unspecified atom stereocenters. The van der Waals surface area contributed by atoms with Crippen LogP contribution in [0.4, 0.5) is 0 Å². The van der Waals surface area contributed by atoms with Crippen LogP contribution in [0.25, 0.3) is 0 Å². The predicted molar refractivity (Wildman–Crippen MR) is 51.3 cm³/mol. The fourth-order valence-corrected chi connectivity index (χ4v) is 2.89. The highest BCUT2D eigenvalue weighted by molar-refractivity contribution is 5.12. The zero-order valence-corrected chi connectivity index (χ0v) is 8.64. The Hall–Kier alpha value is -0.0800. The Balaban J connectivity index is 2.15. The highest BCUT2D eigenvalue weighted by Gasteiger charge is 2.61. The van der Waals surface area contributed by atoms with Gasteiger partial charge in [-0.2, -0.15) is 0 Å². The lowest BCUT2D eigenvalue weighted by molar-refractivity contribution is -0.0561. The number of rotatable bonds is 2. The van der Waals surface area contributed by atoms with E-state index in [1.54, 1.807) is 0 Å². The summed E-state index contributed by atoms with van der Waals surface area (Å²) in [7, 11) is 0. The average Bonchev–Trinajstić information content (AvgIpc) is 2.76. The lowest BCUT2D eigenvalue weighted by Crippen LogP contribution is -2.40. The second-order valence-electron chi connectivity index (χ2n) is 5.81. The molecule has 0 aromatic rings. The fraction of sp³-hybridized carbons (Fsp3) is 1.00. The van der Waals surface area contributed by atoms with Gasteiger partial charge in [-0.25, -0.2) is 0 Å². The molecule has 13 heavy (non-hydrogen) atoms. The number of hydrogen-bond acceptors (Lipinski definition) is 2. The van der Waals surface area contributed by atoms with Crippen LogP contribution in [0.2, 0.25) is 0 Å². The molecule has 0 heterocycles. The van der Waals surface area contributed by atoms with Crippen molar-refractivity contribution in [1.82, 2.24) is 0 Å². The molecule has 0 bridgehead atoms. The number of aliphatic hydroxyl groups is 2. The molecule has 2 N–H and O–H groups in total. The molecule has 0 aliphatic heterocycles. The van der Waals surface area contributed by atoms with Gasteiger partial charge in [-0.05, 0) is 37.5 Å². The smallest absolute Gasteiger partial charge is 0.0730 e. The first-order valence-electron chi connectivity index (χ1n) is 5.26. The highest BCUT2D eigenvalue weighted by atomic mass is 16.3. The molecular formula is C11H20O2. The average molecular weight is 184 g/mol. The van der Waals surface area contributed by atoms with Gasteiger partial charge in [0.1, 0.15) is 0 Å². The SMILES string of the molecule is CC1(C)CCC(O)(C2(CO)CC2)C1. The zero-order valence-electron chi connectivity index (χ0n) is 8.64. The van der Waals surface area contributed by atoms with Gasteiger partial charge in [-0.3, -0.25) is 0 Å². The molecule has 1 atom stereocenters. The van der Waals surface area contributed by atoms with E-state index >= 15 is 0 Å². The van der Waals surface area contributed by atoms with Crippen molar-refractivity contribution < 1.29 is 10.2 Å². The first kappa shape index (κ1) is 9.47. The molecule has 0 aromatic heterocycles. The first-order chi connectivity index (χ1) is 5.93. The fourth-order valence-electron chi connectivity index (χ4n) is 2.89. The van der Waals surface area contributed by atoms with Crippen LogP contribution in [0.1, 0.15) is 46.0 Å². The summed E-state index contributed by atoms with van der Waals surface area (Å²) in [5, 5.41) is 19.7. The van der Waals surface area contributed by atoms with Crippen molar-refractivity contribution in [2.24, 2.45) is 10.8 Å². The van der Waals surface area contributed by atoms with Crippen molar-refractivity contribution in [3.05, 3.63) is 0 Å². The van der Waals surface area contributed by atoms with Crippen LogP contribution in [0, 0.1) is 10.8 Å². The third-order valence-corrected chi connectivity index (χ3v) is 4.13. The highest BCUT2D eigenvalue weighted by Crippen LogP contribution is 2.62. The molecule has 2 aliphatic rings. The van der Waals surface area contributed by atoms with Crippen LogP contribution in [0.15, 0.2) is 0 Å². The van der Waals surface area contributed by atoms with Crippen LogP contribution in [0.5, 0.6) is 0 Å². The molecule has 2 fully saturated rings. The molecule has 0 saturated heterocycles. The second-order valence-corrected chi connectivity index (χ2v) is 5.81. The van der Waals surface area contributed by atoms with E-state index < -0.39 is 5.60 Å². The Labute approximate surface area is 80.0 Å². The van der Waals surface area contributed by atoms with Gasteiger partial charge in [0.2, 0.25) is 0 Å². The van der Waals surface area contributed by atoms with Gasteiger partial charge in [0.25, 0.3) is 0 Å². The van der Waals surface area contributed by atoms with E-state index in [2.05, 4.69) is 13.8 Å². The van der Waals surface area contributed by atoms with Crippen molar-refractivity contribution in [1.29, 1.82) is 0 Å². The van der Waals surface area contributed by atoms with E-state index in [4.69, 9.17) is 0 Å². The Kier molecular flexibility index (Phi) is 1.81. The quantitative estimate of drug-likeness (QED) is 0.685. The van der Waals surface area contributed by atoms with Gasteiger partial charge in [-0.15, -0.1) is 0 Å². The Morgan fingerprint density at radius 2 is 1.69 bits per heavy atom. The van der Waals surface area contributed by atoms with Crippen molar-refractivity contribution in [2.45, 2.75) is 51.6 Å². The van der Waals surface area contributed by atoms with E-state index in [1.165, 1.54) is 0 Å². The van der Waals surface area contributed by atoms with Crippen molar-refractivity contribution in [3.8, 4) is 0 Å². The van der Waals surface area contributed by atoms with Crippen LogP contribution >= 0.6 is 0 Å². The van der Waals surface area contributed by atoms with E-state index in [0.717, 1.165) is 32.1 Å². The molecule has 76 valence electrons. The first-order valence-corrected chi connectivity index (χ1v) is 5.26. The summed E-state index contributed by atoms with van der Waals surface area (Å²) < 4.78 is 0. The minimum Gasteiger partial charge on any atom is -0.396 e. The van der Waals surface area contributed by atoms with Crippen molar-refractivity contribution in [3.63, 3.8) is 0 Å².